The van der Waals surface area contributed by atoms with Crippen LogP contribution in [0, 0.1) is 5.92 Å². The van der Waals surface area contributed by atoms with Crippen LogP contribution in [0.1, 0.15) is 18.9 Å². The van der Waals surface area contributed by atoms with Gasteiger partial charge in [-0.25, -0.2) is 0 Å². The third-order valence-electron chi connectivity index (χ3n) is 3.26. The molecule has 114 valence electrons. The number of halogens is 1. The summed E-state index contributed by atoms with van der Waals surface area (Å²) in [7, 11) is 1.74. The Morgan fingerprint density at radius 3 is 2.85 bits per heavy atom. The van der Waals surface area contributed by atoms with Crippen LogP contribution < -0.4 is 5.32 Å². The topological polar surface area (TPSA) is 21.3 Å². The summed E-state index contributed by atoms with van der Waals surface area (Å²) in [6, 6.07) is 8.17. The Hall–Kier alpha value is -0.220. The van der Waals surface area contributed by atoms with E-state index in [4.69, 9.17) is 16.3 Å². The largest absolute Gasteiger partial charge is 0.383 e. The maximum absolute atomic E-state index is 6.27. The van der Waals surface area contributed by atoms with Crippen LogP contribution in [-0.4, -0.2) is 38.3 Å². The fourth-order valence-electron chi connectivity index (χ4n) is 2.13. The normalized spacial score (nSPS) is 12.6. The van der Waals surface area contributed by atoms with Crippen LogP contribution in [-0.2, 0) is 11.2 Å². The van der Waals surface area contributed by atoms with Crippen LogP contribution in [0.2, 0.25) is 5.02 Å². The minimum atomic E-state index is 0.630. The lowest BCUT2D eigenvalue weighted by Gasteiger charge is -2.18. The second kappa shape index (κ2) is 11.4. The van der Waals surface area contributed by atoms with Crippen LogP contribution >= 0.6 is 23.4 Å². The first-order valence-electron chi connectivity index (χ1n) is 7.28. The zero-order valence-corrected chi connectivity index (χ0v) is 14.1. The quantitative estimate of drug-likeness (QED) is 0.626. The number of nitrogens with one attached hydrogen (secondary N) is 1. The summed E-state index contributed by atoms with van der Waals surface area (Å²) in [5.41, 5.74) is 1.26. The van der Waals surface area contributed by atoms with E-state index in [-0.39, 0.29) is 0 Å². The summed E-state index contributed by atoms with van der Waals surface area (Å²) >= 11 is 8.28. The molecule has 0 aromatic heterocycles. The molecule has 0 saturated heterocycles. The van der Waals surface area contributed by atoms with E-state index >= 15 is 0 Å². The number of thioether (sulfide) groups is 1. The molecule has 0 spiro atoms. The van der Waals surface area contributed by atoms with Crippen LogP contribution in [0.25, 0.3) is 0 Å². The van der Waals surface area contributed by atoms with Gasteiger partial charge in [0.15, 0.2) is 0 Å². The van der Waals surface area contributed by atoms with Crippen molar-refractivity contribution in [2.75, 3.05) is 38.3 Å². The molecule has 4 heteroatoms. The average Bonchev–Trinajstić information content (AvgIpc) is 2.46. The van der Waals surface area contributed by atoms with Crippen LogP contribution in [0.15, 0.2) is 24.3 Å². The van der Waals surface area contributed by atoms with E-state index in [9.17, 15) is 0 Å². The first-order chi connectivity index (χ1) is 9.77. The van der Waals surface area contributed by atoms with Gasteiger partial charge in [-0.3, -0.25) is 0 Å². The summed E-state index contributed by atoms with van der Waals surface area (Å²) in [5.74, 6) is 3.04. The summed E-state index contributed by atoms with van der Waals surface area (Å²) in [5, 5.41) is 4.36. The molecular formula is C16H26ClNOS. The third kappa shape index (κ3) is 7.53. The highest BCUT2D eigenvalue weighted by molar-refractivity contribution is 7.99. The van der Waals surface area contributed by atoms with E-state index in [1.807, 2.05) is 23.9 Å². The second-order valence-corrected chi connectivity index (χ2v) is 6.65. The van der Waals surface area contributed by atoms with Crippen molar-refractivity contribution in [1.82, 2.24) is 5.32 Å². The predicted octanol–water partition coefficient (Wildman–Crippen LogP) is 3.88. The molecule has 0 radical (unpaired) electrons. The molecule has 1 rings (SSSR count). The molecule has 0 aliphatic carbocycles. The molecular weight excluding hydrogens is 290 g/mol. The van der Waals surface area contributed by atoms with E-state index in [0.29, 0.717) is 5.92 Å². The fourth-order valence-corrected chi connectivity index (χ4v) is 3.13. The van der Waals surface area contributed by atoms with Gasteiger partial charge < -0.3 is 10.1 Å². The lowest BCUT2D eigenvalue weighted by Crippen LogP contribution is -2.27. The lowest BCUT2D eigenvalue weighted by atomic mass is 9.96. The summed E-state index contributed by atoms with van der Waals surface area (Å²) in [4.78, 5) is 0. The van der Waals surface area contributed by atoms with Crippen molar-refractivity contribution < 1.29 is 4.74 Å². The Morgan fingerprint density at radius 2 is 2.15 bits per heavy atom. The van der Waals surface area contributed by atoms with Crippen LogP contribution in [0.5, 0.6) is 0 Å². The zero-order valence-electron chi connectivity index (χ0n) is 12.5. The Morgan fingerprint density at radius 1 is 1.35 bits per heavy atom. The van der Waals surface area contributed by atoms with Crippen molar-refractivity contribution in [1.29, 1.82) is 0 Å². The van der Waals surface area contributed by atoms with Crippen LogP contribution in [0.4, 0.5) is 0 Å². The molecule has 1 aromatic rings. The van der Waals surface area contributed by atoms with Crippen molar-refractivity contribution in [3.63, 3.8) is 0 Å². The van der Waals surface area contributed by atoms with E-state index in [1.54, 1.807) is 7.11 Å². The molecule has 20 heavy (non-hydrogen) atoms. The molecule has 0 fully saturated rings. The Bertz CT molecular complexity index is 362. The first-order valence-corrected chi connectivity index (χ1v) is 8.82. The van der Waals surface area contributed by atoms with Crippen molar-refractivity contribution in [2.45, 2.75) is 19.8 Å². The highest BCUT2D eigenvalue weighted by atomic mass is 35.5. The number of methoxy groups -OCH3 is 1. The molecule has 2 nitrogen and oxygen atoms in total. The molecule has 0 heterocycles. The van der Waals surface area contributed by atoms with Gasteiger partial charge in [-0.15, -0.1) is 0 Å². The molecule has 1 unspecified atom stereocenters. The minimum Gasteiger partial charge on any atom is -0.383 e. The molecule has 0 saturated carbocycles. The number of rotatable bonds is 11. The van der Waals surface area contributed by atoms with E-state index < -0.39 is 0 Å². The number of hydrogen-bond donors (Lipinski definition) is 1. The lowest BCUT2D eigenvalue weighted by molar-refractivity contribution is 0.197. The van der Waals surface area contributed by atoms with Crippen molar-refractivity contribution in [3.8, 4) is 0 Å². The maximum Gasteiger partial charge on any atom is 0.0587 e. The molecule has 0 amide bonds. The average molecular weight is 316 g/mol. The van der Waals surface area contributed by atoms with E-state index in [1.165, 1.54) is 23.5 Å². The highest BCUT2D eigenvalue weighted by Gasteiger charge is 2.11. The number of benzene rings is 1. The minimum absolute atomic E-state index is 0.630. The van der Waals surface area contributed by atoms with Gasteiger partial charge in [0.05, 0.1) is 6.61 Å². The zero-order chi connectivity index (χ0) is 14.6. The number of ether oxygens (including phenoxy) is 1. The first kappa shape index (κ1) is 17.8. The van der Waals surface area contributed by atoms with Gasteiger partial charge in [-0.05, 0) is 48.4 Å². The smallest absolute Gasteiger partial charge is 0.0587 e. The summed E-state index contributed by atoms with van der Waals surface area (Å²) in [6.45, 7) is 4.92. The summed E-state index contributed by atoms with van der Waals surface area (Å²) in [6.07, 6.45) is 2.27. The molecule has 0 aliphatic rings. The van der Waals surface area contributed by atoms with Gasteiger partial charge in [-0.2, -0.15) is 11.8 Å². The standard InChI is InChI=1S/C16H26ClNOS/c1-3-20-11-8-14(13-18-9-10-19-2)12-15-6-4-5-7-16(15)17/h4-7,14,18H,3,8-13H2,1-2H3. The molecule has 1 aromatic carbocycles. The van der Waals surface area contributed by atoms with Gasteiger partial charge in [0.2, 0.25) is 0 Å². The molecule has 0 bridgehead atoms. The van der Waals surface area contributed by atoms with E-state index in [2.05, 4.69) is 24.4 Å². The SMILES string of the molecule is CCSCCC(CNCCOC)Cc1ccccc1Cl. The highest BCUT2D eigenvalue weighted by Crippen LogP contribution is 2.21. The molecule has 0 aliphatic heterocycles. The van der Waals surface area contributed by atoms with Crippen molar-refractivity contribution in [2.24, 2.45) is 5.92 Å². The monoisotopic (exact) mass is 315 g/mol. The van der Waals surface area contributed by atoms with Crippen LogP contribution in [0.3, 0.4) is 0 Å². The summed E-state index contributed by atoms with van der Waals surface area (Å²) < 4.78 is 5.07. The van der Waals surface area contributed by atoms with Gasteiger partial charge in [0.1, 0.15) is 0 Å². The Balaban J connectivity index is 2.46. The fraction of sp³-hybridized carbons (Fsp3) is 0.625. The maximum atomic E-state index is 6.27. The van der Waals surface area contributed by atoms with Crippen molar-refractivity contribution in [3.05, 3.63) is 34.9 Å². The van der Waals surface area contributed by atoms with Crippen molar-refractivity contribution >= 4 is 23.4 Å². The van der Waals surface area contributed by atoms with Gasteiger partial charge in [0, 0.05) is 18.7 Å². The molecule has 1 atom stereocenters. The van der Waals surface area contributed by atoms with Gasteiger partial charge in [-0.1, -0.05) is 36.7 Å². The van der Waals surface area contributed by atoms with E-state index in [0.717, 1.165) is 31.1 Å². The predicted molar refractivity (Wildman–Crippen MR) is 91.0 cm³/mol. The van der Waals surface area contributed by atoms with Gasteiger partial charge >= 0.3 is 0 Å². The third-order valence-corrected chi connectivity index (χ3v) is 4.56. The molecule has 1 N–H and O–H groups in total. The Labute approximate surface area is 132 Å². The Kier molecular flexibility index (Phi) is 10.2. The second-order valence-electron chi connectivity index (χ2n) is 4.84. The van der Waals surface area contributed by atoms with Gasteiger partial charge in [0.25, 0.3) is 0 Å². The number of hydrogen-bond acceptors (Lipinski definition) is 3.